The number of nitrogens with one attached hydrogen (secondary N) is 1. The lowest BCUT2D eigenvalue weighted by Crippen LogP contribution is -1.96. The van der Waals surface area contributed by atoms with Crippen molar-refractivity contribution >= 4 is 28.4 Å². The highest BCUT2D eigenvalue weighted by molar-refractivity contribution is 7.13. The lowest BCUT2D eigenvalue weighted by atomic mass is 10.2. The van der Waals surface area contributed by atoms with E-state index in [1.54, 1.807) is 12.3 Å². The summed E-state index contributed by atoms with van der Waals surface area (Å²) in [6.45, 7) is 0. The first-order valence-electron chi connectivity index (χ1n) is 5.21. The number of ether oxygens (including phenoxy) is 1. The average molecular weight is 278 g/mol. The van der Waals surface area contributed by atoms with Crippen molar-refractivity contribution in [2.45, 2.75) is 0 Å². The Hall–Kier alpha value is -2.48. The van der Waals surface area contributed by atoms with Crippen LogP contribution < -0.4 is 10.2 Å². The van der Waals surface area contributed by atoms with Crippen LogP contribution in [0, 0.1) is 10.1 Å². The summed E-state index contributed by atoms with van der Waals surface area (Å²) in [6.07, 6.45) is 3.13. The molecule has 0 radical (unpaired) electrons. The lowest BCUT2D eigenvalue weighted by Gasteiger charge is -2.01. The van der Waals surface area contributed by atoms with Gasteiger partial charge in [0.25, 0.3) is 0 Å². The van der Waals surface area contributed by atoms with Gasteiger partial charge in [-0.05, 0) is 12.1 Å². The summed E-state index contributed by atoms with van der Waals surface area (Å²) in [5, 5.41) is 17.3. The fourth-order valence-electron chi connectivity index (χ4n) is 1.37. The van der Waals surface area contributed by atoms with Gasteiger partial charge < -0.3 is 4.74 Å². The Balaban J connectivity index is 2.14. The van der Waals surface area contributed by atoms with E-state index in [1.165, 1.54) is 36.8 Å². The molecule has 0 amide bonds. The van der Waals surface area contributed by atoms with E-state index in [4.69, 9.17) is 4.74 Å². The van der Waals surface area contributed by atoms with Crippen LogP contribution in [0.1, 0.15) is 5.56 Å². The molecular formula is C11H10N4O3S. The molecule has 0 fully saturated rings. The van der Waals surface area contributed by atoms with Gasteiger partial charge in [0.15, 0.2) is 5.75 Å². The van der Waals surface area contributed by atoms with Crippen molar-refractivity contribution in [3.63, 3.8) is 0 Å². The van der Waals surface area contributed by atoms with Gasteiger partial charge in [-0.15, -0.1) is 11.3 Å². The number of nitrogens with zero attached hydrogens (tertiary/aromatic N) is 3. The summed E-state index contributed by atoms with van der Waals surface area (Å²) in [5.41, 5.74) is 3.22. The topological polar surface area (TPSA) is 89.7 Å². The summed E-state index contributed by atoms with van der Waals surface area (Å²) in [4.78, 5) is 14.3. The molecule has 1 heterocycles. The number of anilines is 1. The van der Waals surface area contributed by atoms with E-state index in [0.717, 1.165) is 0 Å². The number of methoxy groups -OCH3 is 1. The smallest absolute Gasteiger partial charge is 0.311 e. The quantitative estimate of drug-likeness (QED) is 0.515. The average Bonchev–Trinajstić information content (AvgIpc) is 2.91. The monoisotopic (exact) mass is 278 g/mol. The zero-order valence-corrected chi connectivity index (χ0v) is 10.8. The highest BCUT2D eigenvalue weighted by atomic mass is 32.1. The fraction of sp³-hybridized carbons (Fsp3) is 0.0909. The molecule has 1 N–H and O–H groups in total. The number of thiazole rings is 1. The highest BCUT2D eigenvalue weighted by Gasteiger charge is 2.14. The molecule has 1 aromatic carbocycles. The van der Waals surface area contributed by atoms with Gasteiger partial charge in [0, 0.05) is 23.2 Å². The standard InChI is InChI=1S/C11H10N4O3S/c1-18-10-3-2-8(6-9(10)15(16)17)7-13-14-11-12-4-5-19-11/h2-7H,1H3,(H,12,14)/b13-7-. The first-order valence-corrected chi connectivity index (χ1v) is 6.09. The van der Waals surface area contributed by atoms with Crippen molar-refractivity contribution in [2.75, 3.05) is 12.5 Å². The summed E-state index contributed by atoms with van der Waals surface area (Å²) in [7, 11) is 1.39. The summed E-state index contributed by atoms with van der Waals surface area (Å²) in [5.74, 6) is 0.218. The van der Waals surface area contributed by atoms with E-state index < -0.39 is 4.92 Å². The number of benzene rings is 1. The van der Waals surface area contributed by atoms with Gasteiger partial charge >= 0.3 is 5.69 Å². The number of hydrogen-bond donors (Lipinski definition) is 1. The molecule has 98 valence electrons. The normalized spacial score (nSPS) is 10.6. The third kappa shape index (κ3) is 3.26. The zero-order valence-electron chi connectivity index (χ0n) is 9.94. The molecule has 0 saturated carbocycles. The molecule has 0 aliphatic heterocycles. The van der Waals surface area contributed by atoms with Gasteiger partial charge in [0.1, 0.15) is 0 Å². The molecule has 0 saturated heterocycles. The van der Waals surface area contributed by atoms with Crippen molar-refractivity contribution < 1.29 is 9.66 Å². The number of hydrazone groups is 1. The van der Waals surface area contributed by atoms with Crippen LogP contribution in [0.5, 0.6) is 5.75 Å². The van der Waals surface area contributed by atoms with E-state index >= 15 is 0 Å². The first-order chi connectivity index (χ1) is 9.20. The Morgan fingerprint density at radius 1 is 1.58 bits per heavy atom. The van der Waals surface area contributed by atoms with Crippen LogP contribution in [0.3, 0.4) is 0 Å². The second kappa shape index (κ2) is 5.91. The van der Waals surface area contributed by atoms with Crippen molar-refractivity contribution in [1.82, 2.24) is 4.98 Å². The first kappa shape index (κ1) is 13.0. The summed E-state index contributed by atoms with van der Waals surface area (Å²) < 4.78 is 4.91. The third-order valence-corrected chi connectivity index (χ3v) is 2.88. The molecule has 0 unspecified atom stereocenters. The maximum Gasteiger partial charge on any atom is 0.311 e. The maximum atomic E-state index is 10.9. The van der Waals surface area contributed by atoms with Crippen LogP contribution in [-0.4, -0.2) is 23.2 Å². The Morgan fingerprint density at radius 3 is 3.05 bits per heavy atom. The molecule has 8 heteroatoms. The molecule has 0 spiro atoms. The number of rotatable bonds is 5. The molecule has 0 aliphatic rings. The molecule has 0 atom stereocenters. The third-order valence-electron chi connectivity index (χ3n) is 2.21. The number of aromatic nitrogens is 1. The Labute approximate surface area is 112 Å². The molecular weight excluding hydrogens is 268 g/mol. The lowest BCUT2D eigenvalue weighted by molar-refractivity contribution is -0.385. The van der Waals surface area contributed by atoms with Crippen molar-refractivity contribution in [1.29, 1.82) is 0 Å². The van der Waals surface area contributed by atoms with E-state index in [0.29, 0.717) is 10.7 Å². The molecule has 0 bridgehead atoms. The van der Waals surface area contributed by atoms with Gasteiger partial charge in [-0.25, -0.2) is 4.98 Å². The van der Waals surface area contributed by atoms with Crippen LogP contribution in [-0.2, 0) is 0 Å². The predicted molar refractivity (Wildman–Crippen MR) is 73.0 cm³/mol. The van der Waals surface area contributed by atoms with E-state index in [-0.39, 0.29) is 11.4 Å². The minimum atomic E-state index is -0.496. The number of nitro groups is 1. The molecule has 19 heavy (non-hydrogen) atoms. The Kier molecular flexibility index (Phi) is 4.04. The Bertz CT molecular complexity index is 598. The number of hydrogen-bond acceptors (Lipinski definition) is 7. The SMILES string of the molecule is COc1ccc(/C=N\Nc2nccs2)cc1[N+](=O)[O-]. The van der Waals surface area contributed by atoms with Crippen molar-refractivity contribution in [3.05, 3.63) is 45.5 Å². The minimum Gasteiger partial charge on any atom is -0.490 e. The second-order valence-electron chi connectivity index (χ2n) is 3.40. The minimum absolute atomic E-state index is 0.0966. The van der Waals surface area contributed by atoms with Crippen LogP contribution in [0.4, 0.5) is 10.8 Å². The van der Waals surface area contributed by atoms with Crippen molar-refractivity contribution in [2.24, 2.45) is 5.10 Å². The van der Waals surface area contributed by atoms with Gasteiger partial charge in [-0.1, -0.05) is 0 Å². The van der Waals surface area contributed by atoms with Gasteiger partial charge in [0.2, 0.25) is 5.13 Å². The van der Waals surface area contributed by atoms with E-state index in [9.17, 15) is 10.1 Å². The zero-order chi connectivity index (χ0) is 13.7. The molecule has 0 aliphatic carbocycles. The van der Waals surface area contributed by atoms with Crippen LogP contribution >= 0.6 is 11.3 Å². The Morgan fingerprint density at radius 2 is 2.42 bits per heavy atom. The van der Waals surface area contributed by atoms with Crippen LogP contribution in [0.25, 0.3) is 0 Å². The molecule has 2 rings (SSSR count). The second-order valence-corrected chi connectivity index (χ2v) is 4.29. The van der Waals surface area contributed by atoms with Gasteiger partial charge in [-0.2, -0.15) is 5.10 Å². The maximum absolute atomic E-state index is 10.9. The summed E-state index contributed by atoms with van der Waals surface area (Å²) >= 11 is 1.41. The van der Waals surface area contributed by atoms with E-state index in [2.05, 4.69) is 15.5 Å². The molecule has 7 nitrogen and oxygen atoms in total. The predicted octanol–water partition coefficient (Wildman–Crippen LogP) is 2.51. The van der Waals surface area contributed by atoms with Crippen LogP contribution in [0.2, 0.25) is 0 Å². The highest BCUT2D eigenvalue weighted by Crippen LogP contribution is 2.26. The van der Waals surface area contributed by atoms with Gasteiger partial charge in [-0.3, -0.25) is 15.5 Å². The largest absolute Gasteiger partial charge is 0.490 e. The van der Waals surface area contributed by atoms with E-state index in [1.807, 2.05) is 5.38 Å². The summed E-state index contributed by atoms with van der Waals surface area (Å²) in [6, 6.07) is 4.60. The molecule has 1 aromatic heterocycles. The molecule has 2 aromatic rings. The van der Waals surface area contributed by atoms with Crippen molar-refractivity contribution in [3.8, 4) is 5.75 Å². The number of nitro benzene ring substituents is 1. The van der Waals surface area contributed by atoms with Crippen LogP contribution in [0.15, 0.2) is 34.9 Å². The fourth-order valence-corrected chi connectivity index (χ4v) is 1.85. The van der Waals surface area contributed by atoms with Gasteiger partial charge in [0.05, 0.1) is 18.2 Å².